The Morgan fingerprint density at radius 1 is 0.931 bits per heavy atom. The molecule has 8 heteroatoms. The van der Waals surface area contributed by atoms with Crippen LogP contribution in [0.15, 0.2) is 54.6 Å². The van der Waals surface area contributed by atoms with Crippen LogP contribution in [-0.4, -0.2) is 62.0 Å². The van der Waals surface area contributed by atoms with E-state index in [1.54, 1.807) is 0 Å². The summed E-state index contributed by atoms with van der Waals surface area (Å²) in [4.78, 5) is 19.1. The Morgan fingerprint density at radius 2 is 1.52 bits per heavy atom. The van der Waals surface area contributed by atoms with Gasteiger partial charge in [0.2, 0.25) is 5.91 Å². The van der Waals surface area contributed by atoms with Gasteiger partial charge in [0.1, 0.15) is 0 Å². The number of amides is 1. The summed E-state index contributed by atoms with van der Waals surface area (Å²) in [6.45, 7) is 5.83. The van der Waals surface area contributed by atoms with Crippen LogP contribution in [0.4, 0.5) is 11.4 Å². The topological polar surface area (TPSA) is 52.8 Å². The number of anilines is 2. The van der Waals surface area contributed by atoms with Crippen LogP contribution in [0.3, 0.4) is 0 Å². The molecule has 2 aromatic rings. The largest absolute Gasteiger partial charge is 0.399 e. The standard InChI is InChI=1S/C21H28N4O.3ClH/c1-23(21(26)17-18-7-9-19(22)10-8-18)11-12-24-13-15-25(16-14-24)20-5-3-2-4-6-20;;;/h2-10H,11-17,22H2,1H3;3*1H. The van der Waals surface area contributed by atoms with E-state index in [-0.39, 0.29) is 43.1 Å². The quantitative estimate of drug-likeness (QED) is 0.670. The van der Waals surface area contributed by atoms with Gasteiger partial charge in [-0.1, -0.05) is 30.3 Å². The maximum absolute atomic E-state index is 12.4. The minimum atomic E-state index is 0. The molecule has 1 saturated heterocycles. The van der Waals surface area contributed by atoms with E-state index in [0.717, 1.165) is 50.5 Å². The van der Waals surface area contributed by atoms with E-state index >= 15 is 0 Å². The molecule has 3 rings (SSSR count). The Kier molecular flexibility index (Phi) is 12.8. The highest BCUT2D eigenvalue weighted by molar-refractivity contribution is 5.86. The van der Waals surface area contributed by atoms with Gasteiger partial charge in [-0.05, 0) is 29.8 Å². The van der Waals surface area contributed by atoms with Crippen LogP contribution in [0.5, 0.6) is 0 Å². The van der Waals surface area contributed by atoms with Crippen LogP contribution in [0.25, 0.3) is 0 Å². The lowest BCUT2D eigenvalue weighted by Crippen LogP contribution is -2.48. The number of para-hydroxylation sites is 1. The molecular formula is C21H31Cl3N4O. The molecule has 0 unspecified atom stereocenters. The van der Waals surface area contributed by atoms with Crippen molar-refractivity contribution < 1.29 is 4.79 Å². The number of carbonyl (C=O) groups excluding carboxylic acids is 1. The van der Waals surface area contributed by atoms with Gasteiger partial charge in [-0.15, -0.1) is 37.2 Å². The third-order valence-electron chi connectivity index (χ3n) is 5.01. The first-order valence-electron chi connectivity index (χ1n) is 9.22. The molecule has 0 radical (unpaired) electrons. The summed E-state index contributed by atoms with van der Waals surface area (Å²) in [7, 11) is 1.89. The zero-order chi connectivity index (χ0) is 18.4. The van der Waals surface area contributed by atoms with Gasteiger partial charge in [0, 0.05) is 57.7 Å². The first-order valence-corrected chi connectivity index (χ1v) is 9.22. The summed E-state index contributed by atoms with van der Waals surface area (Å²) in [5, 5.41) is 0. The van der Waals surface area contributed by atoms with Crippen molar-refractivity contribution >= 4 is 54.5 Å². The molecule has 1 aliphatic rings. The maximum atomic E-state index is 12.4. The van der Waals surface area contributed by atoms with Crippen LogP contribution >= 0.6 is 37.2 Å². The average Bonchev–Trinajstić information content (AvgIpc) is 2.69. The number of benzene rings is 2. The summed E-state index contributed by atoms with van der Waals surface area (Å²) in [6, 6.07) is 18.1. The maximum Gasteiger partial charge on any atom is 0.226 e. The fourth-order valence-electron chi connectivity index (χ4n) is 3.23. The van der Waals surface area contributed by atoms with E-state index in [0.29, 0.717) is 6.42 Å². The lowest BCUT2D eigenvalue weighted by molar-refractivity contribution is -0.129. The molecule has 0 atom stereocenters. The van der Waals surface area contributed by atoms with Crippen molar-refractivity contribution in [3.63, 3.8) is 0 Å². The van der Waals surface area contributed by atoms with Crippen LogP contribution in [0.1, 0.15) is 5.56 Å². The zero-order valence-electron chi connectivity index (χ0n) is 16.7. The van der Waals surface area contributed by atoms with Gasteiger partial charge < -0.3 is 15.5 Å². The number of hydrogen-bond donors (Lipinski definition) is 1. The monoisotopic (exact) mass is 460 g/mol. The molecule has 2 aromatic carbocycles. The lowest BCUT2D eigenvalue weighted by atomic mass is 10.1. The summed E-state index contributed by atoms with van der Waals surface area (Å²) in [5.41, 5.74) is 8.72. The Labute approximate surface area is 192 Å². The fourth-order valence-corrected chi connectivity index (χ4v) is 3.23. The molecule has 0 bridgehead atoms. The molecule has 2 N–H and O–H groups in total. The summed E-state index contributed by atoms with van der Waals surface area (Å²) >= 11 is 0. The van der Waals surface area contributed by atoms with E-state index in [1.165, 1.54) is 5.69 Å². The van der Waals surface area contributed by atoms with Crippen molar-refractivity contribution in [2.45, 2.75) is 6.42 Å². The van der Waals surface area contributed by atoms with Crippen molar-refractivity contribution in [3.8, 4) is 0 Å². The number of nitrogens with two attached hydrogens (primary N) is 1. The highest BCUT2D eigenvalue weighted by Gasteiger charge is 2.18. The highest BCUT2D eigenvalue weighted by Crippen LogP contribution is 2.15. The summed E-state index contributed by atoms with van der Waals surface area (Å²) in [5.74, 6) is 0.151. The smallest absolute Gasteiger partial charge is 0.226 e. The second-order valence-corrected chi connectivity index (χ2v) is 6.90. The second kappa shape index (κ2) is 13.5. The third-order valence-corrected chi connectivity index (χ3v) is 5.01. The molecule has 1 aliphatic heterocycles. The Bertz CT molecular complexity index is 708. The van der Waals surface area contributed by atoms with Crippen LogP contribution < -0.4 is 10.6 Å². The molecule has 0 saturated carbocycles. The summed E-state index contributed by atoms with van der Waals surface area (Å²) in [6.07, 6.45) is 0.429. The molecule has 1 amide bonds. The molecule has 1 fully saturated rings. The van der Waals surface area contributed by atoms with Crippen molar-refractivity contribution in [3.05, 3.63) is 60.2 Å². The van der Waals surface area contributed by atoms with E-state index in [4.69, 9.17) is 5.73 Å². The SMILES string of the molecule is CN(CCN1CCN(c2ccccc2)CC1)C(=O)Cc1ccc(N)cc1.Cl.Cl.Cl. The Balaban J connectivity index is 0.00000261. The van der Waals surface area contributed by atoms with Crippen LogP contribution in [0.2, 0.25) is 0 Å². The number of nitrogen functional groups attached to an aromatic ring is 1. The summed E-state index contributed by atoms with van der Waals surface area (Å²) < 4.78 is 0. The minimum Gasteiger partial charge on any atom is -0.399 e. The second-order valence-electron chi connectivity index (χ2n) is 6.90. The molecule has 162 valence electrons. The van der Waals surface area contributed by atoms with E-state index in [9.17, 15) is 4.79 Å². The molecule has 0 aromatic heterocycles. The number of carbonyl (C=O) groups is 1. The number of hydrogen-bond acceptors (Lipinski definition) is 4. The molecular weight excluding hydrogens is 431 g/mol. The van der Waals surface area contributed by atoms with Crippen LogP contribution in [-0.2, 0) is 11.2 Å². The van der Waals surface area contributed by atoms with Crippen molar-refractivity contribution in [2.24, 2.45) is 0 Å². The molecule has 5 nitrogen and oxygen atoms in total. The average molecular weight is 462 g/mol. The Hall–Kier alpha value is -1.66. The normalized spacial score (nSPS) is 13.5. The van der Waals surface area contributed by atoms with Crippen molar-refractivity contribution in [2.75, 3.05) is 56.9 Å². The van der Waals surface area contributed by atoms with Crippen molar-refractivity contribution in [1.29, 1.82) is 0 Å². The fraction of sp³-hybridized carbons (Fsp3) is 0.381. The van der Waals surface area contributed by atoms with Gasteiger partial charge in [0.25, 0.3) is 0 Å². The van der Waals surface area contributed by atoms with Gasteiger partial charge in [-0.2, -0.15) is 0 Å². The zero-order valence-corrected chi connectivity index (χ0v) is 19.1. The van der Waals surface area contributed by atoms with Crippen LogP contribution in [0, 0.1) is 0 Å². The highest BCUT2D eigenvalue weighted by atomic mass is 35.5. The molecule has 29 heavy (non-hydrogen) atoms. The van der Waals surface area contributed by atoms with E-state index in [2.05, 4.69) is 40.1 Å². The Morgan fingerprint density at radius 3 is 2.10 bits per heavy atom. The number of nitrogens with zero attached hydrogens (tertiary/aromatic N) is 3. The molecule has 0 spiro atoms. The van der Waals surface area contributed by atoms with Crippen molar-refractivity contribution in [1.82, 2.24) is 9.80 Å². The van der Waals surface area contributed by atoms with E-state index in [1.807, 2.05) is 36.2 Å². The van der Waals surface area contributed by atoms with Gasteiger partial charge in [0.05, 0.1) is 6.42 Å². The van der Waals surface area contributed by atoms with Gasteiger partial charge in [-0.3, -0.25) is 9.69 Å². The predicted molar refractivity (Wildman–Crippen MR) is 129 cm³/mol. The van der Waals surface area contributed by atoms with Gasteiger partial charge in [0.15, 0.2) is 0 Å². The number of rotatable bonds is 6. The van der Waals surface area contributed by atoms with E-state index < -0.39 is 0 Å². The third kappa shape index (κ3) is 8.31. The van der Waals surface area contributed by atoms with Gasteiger partial charge in [-0.25, -0.2) is 0 Å². The number of likely N-dealkylation sites (N-methyl/N-ethyl adjacent to an activating group) is 1. The number of piperazine rings is 1. The molecule has 1 heterocycles. The predicted octanol–water partition coefficient (Wildman–Crippen LogP) is 3.36. The lowest BCUT2D eigenvalue weighted by Gasteiger charge is -2.36. The first-order chi connectivity index (χ1) is 12.6. The number of halogens is 3. The minimum absolute atomic E-state index is 0. The molecule has 0 aliphatic carbocycles. The first kappa shape index (κ1) is 27.3. The van der Waals surface area contributed by atoms with Gasteiger partial charge >= 0.3 is 0 Å².